The number of carbonyl (C=O) groups excluding carboxylic acids is 1. The molecule has 3 rings (SSSR count). The molecule has 1 heterocycles. The molecule has 8 heteroatoms. The molecule has 1 amide bonds. The quantitative estimate of drug-likeness (QED) is 0.780. The molecule has 29 heavy (non-hydrogen) atoms. The molecule has 7 nitrogen and oxygen atoms in total. The van der Waals surface area contributed by atoms with Gasteiger partial charge in [-0.3, -0.25) is 9.10 Å². The normalized spacial score (nSPS) is 14.7. The van der Waals surface area contributed by atoms with Crippen LogP contribution in [0.1, 0.15) is 40.9 Å². The fraction of sp³-hybridized carbons (Fsp3) is 0.381. The van der Waals surface area contributed by atoms with Gasteiger partial charge in [-0.15, -0.1) is 0 Å². The second-order valence-corrected chi connectivity index (χ2v) is 8.99. The van der Waals surface area contributed by atoms with Crippen molar-refractivity contribution in [1.29, 1.82) is 0 Å². The predicted molar refractivity (Wildman–Crippen MR) is 112 cm³/mol. The van der Waals surface area contributed by atoms with Gasteiger partial charge in [0.1, 0.15) is 11.5 Å². The summed E-state index contributed by atoms with van der Waals surface area (Å²) < 4.78 is 36.1. The van der Waals surface area contributed by atoms with Gasteiger partial charge in [0.2, 0.25) is 10.0 Å². The summed E-state index contributed by atoms with van der Waals surface area (Å²) in [6.07, 6.45) is 2.66. The molecule has 0 fully saturated rings. The molecule has 0 saturated carbocycles. The maximum atomic E-state index is 12.8. The number of rotatable bonds is 6. The molecule has 0 saturated heterocycles. The number of benzene rings is 2. The average Bonchev–Trinajstić information content (AvgIpc) is 2.71. The topological polar surface area (TPSA) is 84.9 Å². The van der Waals surface area contributed by atoms with E-state index >= 15 is 0 Å². The van der Waals surface area contributed by atoms with Crippen LogP contribution in [0.15, 0.2) is 36.4 Å². The van der Waals surface area contributed by atoms with Crippen LogP contribution in [0.3, 0.4) is 0 Å². The Morgan fingerprint density at radius 3 is 2.55 bits per heavy atom. The first-order valence-corrected chi connectivity index (χ1v) is 11.2. The summed E-state index contributed by atoms with van der Waals surface area (Å²) in [5.74, 6) is 1.10. The Hall–Kier alpha value is -2.74. The SMILES string of the molecule is COc1ccc(OC)c([C@@H](C)NC(=O)c2ccc3c(c2)CCCN3S(C)(=O)=O)c1. The van der Waals surface area contributed by atoms with Crippen LogP contribution in [0.5, 0.6) is 11.5 Å². The molecular formula is C21H26N2O5S. The summed E-state index contributed by atoms with van der Waals surface area (Å²) in [5, 5.41) is 2.98. The van der Waals surface area contributed by atoms with E-state index in [2.05, 4.69) is 5.32 Å². The smallest absolute Gasteiger partial charge is 0.251 e. The van der Waals surface area contributed by atoms with Gasteiger partial charge in [-0.1, -0.05) is 0 Å². The minimum atomic E-state index is -3.33. The largest absolute Gasteiger partial charge is 0.497 e. The predicted octanol–water partition coefficient (Wildman–Crippen LogP) is 2.91. The second kappa shape index (κ2) is 8.32. The molecule has 0 radical (unpaired) electrons. The number of carbonyl (C=O) groups is 1. The zero-order valence-corrected chi connectivity index (χ0v) is 17.9. The van der Waals surface area contributed by atoms with E-state index in [1.54, 1.807) is 44.6 Å². The zero-order chi connectivity index (χ0) is 21.2. The number of nitrogens with one attached hydrogen (secondary N) is 1. The molecule has 0 aromatic heterocycles. The monoisotopic (exact) mass is 418 g/mol. The standard InChI is InChI=1S/C21H26N2O5S/c1-14(18-13-17(27-2)8-10-20(18)28-3)22-21(24)16-7-9-19-15(12-16)6-5-11-23(19)29(4,25)26/h7-10,12-14H,5-6,11H2,1-4H3,(H,22,24)/t14-/m1/s1. The van der Waals surface area contributed by atoms with E-state index in [9.17, 15) is 13.2 Å². The summed E-state index contributed by atoms with van der Waals surface area (Å²) in [5.41, 5.74) is 2.81. The lowest BCUT2D eigenvalue weighted by Gasteiger charge is -2.29. The number of fused-ring (bicyclic) bond motifs is 1. The summed E-state index contributed by atoms with van der Waals surface area (Å²) >= 11 is 0. The molecule has 2 aromatic rings. The van der Waals surface area contributed by atoms with Crippen molar-refractivity contribution >= 4 is 21.6 Å². The highest BCUT2D eigenvalue weighted by atomic mass is 32.2. The molecule has 1 aliphatic heterocycles. The molecule has 0 bridgehead atoms. The minimum Gasteiger partial charge on any atom is -0.497 e. The number of anilines is 1. The van der Waals surface area contributed by atoms with Crippen molar-refractivity contribution < 1.29 is 22.7 Å². The highest BCUT2D eigenvalue weighted by Gasteiger charge is 2.25. The minimum absolute atomic E-state index is 0.235. The molecule has 156 valence electrons. The van der Waals surface area contributed by atoms with Crippen LogP contribution < -0.4 is 19.1 Å². The fourth-order valence-electron chi connectivity index (χ4n) is 3.58. The fourth-order valence-corrected chi connectivity index (χ4v) is 4.58. The molecule has 1 atom stereocenters. The van der Waals surface area contributed by atoms with Crippen LogP contribution in [-0.2, 0) is 16.4 Å². The molecule has 1 aliphatic rings. The van der Waals surface area contributed by atoms with E-state index in [1.165, 1.54) is 10.6 Å². The Labute approximate surface area is 171 Å². The van der Waals surface area contributed by atoms with Gasteiger partial charge in [0, 0.05) is 17.7 Å². The highest BCUT2D eigenvalue weighted by molar-refractivity contribution is 7.92. The van der Waals surface area contributed by atoms with Crippen molar-refractivity contribution in [2.45, 2.75) is 25.8 Å². The van der Waals surface area contributed by atoms with Crippen LogP contribution >= 0.6 is 0 Å². The first-order chi connectivity index (χ1) is 13.7. The van der Waals surface area contributed by atoms with E-state index in [0.717, 1.165) is 24.0 Å². The van der Waals surface area contributed by atoms with Crippen molar-refractivity contribution in [3.8, 4) is 11.5 Å². The van der Waals surface area contributed by atoms with Crippen LogP contribution in [0.4, 0.5) is 5.69 Å². The number of amides is 1. The van der Waals surface area contributed by atoms with Crippen LogP contribution in [0.2, 0.25) is 0 Å². The second-order valence-electron chi connectivity index (χ2n) is 7.09. The third-order valence-electron chi connectivity index (χ3n) is 5.07. The van der Waals surface area contributed by atoms with Gasteiger partial charge in [0.25, 0.3) is 5.91 Å². The summed E-state index contributed by atoms with van der Waals surface area (Å²) in [7, 11) is -0.169. The number of nitrogens with zero attached hydrogens (tertiary/aromatic N) is 1. The zero-order valence-electron chi connectivity index (χ0n) is 17.1. The molecular weight excluding hydrogens is 392 g/mol. The van der Waals surface area contributed by atoms with Crippen LogP contribution in [0.25, 0.3) is 0 Å². The first kappa shape index (κ1) is 21.0. The van der Waals surface area contributed by atoms with Gasteiger partial charge in [-0.2, -0.15) is 0 Å². The Morgan fingerprint density at radius 1 is 1.14 bits per heavy atom. The van der Waals surface area contributed by atoms with E-state index in [1.807, 2.05) is 13.0 Å². The van der Waals surface area contributed by atoms with E-state index in [0.29, 0.717) is 29.3 Å². The third kappa shape index (κ3) is 4.48. The number of hydrogen-bond acceptors (Lipinski definition) is 5. The maximum absolute atomic E-state index is 12.8. The van der Waals surface area contributed by atoms with Gasteiger partial charge in [-0.25, -0.2) is 8.42 Å². The Kier molecular flexibility index (Phi) is 6.02. The maximum Gasteiger partial charge on any atom is 0.251 e. The van der Waals surface area contributed by atoms with Gasteiger partial charge in [0.05, 0.1) is 32.2 Å². The lowest BCUT2D eigenvalue weighted by Crippen LogP contribution is -2.35. The van der Waals surface area contributed by atoms with Crippen LogP contribution in [-0.4, -0.2) is 41.3 Å². The lowest BCUT2D eigenvalue weighted by molar-refractivity contribution is 0.0939. The number of hydrogen-bond donors (Lipinski definition) is 1. The van der Waals surface area contributed by atoms with Crippen molar-refractivity contribution in [1.82, 2.24) is 5.32 Å². The first-order valence-electron chi connectivity index (χ1n) is 9.38. The Bertz CT molecular complexity index is 1020. The number of methoxy groups -OCH3 is 2. The van der Waals surface area contributed by atoms with E-state index in [4.69, 9.17) is 9.47 Å². The number of sulfonamides is 1. The molecule has 1 N–H and O–H groups in total. The van der Waals surface area contributed by atoms with Gasteiger partial charge < -0.3 is 14.8 Å². The van der Waals surface area contributed by atoms with Crippen molar-refractivity contribution in [2.24, 2.45) is 0 Å². The summed E-state index contributed by atoms with van der Waals surface area (Å²) in [6, 6.07) is 10.3. The molecule has 2 aromatic carbocycles. The van der Waals surface area contributed by atoms with E-state index < -0.39 is 10.0 Å². The lowest BCUT2D eigenvalue weighted by atomic mass is 10.00. The average molecular weight is 419 g/mol. The third-order valence-corrected chi connectivity index (χ3v) is 6.25. The van der Waals surface area contributed by atoms with Gasteiger partial charge in [-0.05, 0) is 61.7 Å². The van der Waals surface area contributed by atoms with E-state index in [-0.39, 0.29) is 11.9 Å². The highest BCUT2D eigenvalue weighted by Crippen LogP contribution is 2.31. The van der Waals surface area contributed by atoms with Crippen LogP contribution in [0, 0.1) is 0 Å². The Balaban J connectivity index is 1.83. The van der Waals surface area contributed by atoms with Crippen molar-refractivity contribution in [3.05, 3.63) is 53.1 Å². The Morgan fingerprint density at radius 2 is 1.90 bits per heavy atom. The number of aryl methyl sites for hydroxylation is 1. The van der Waals surface area contributed by atoms with Gasteiger partial charge in [0.15, 0.2) is 0 Å². The molecule has 0 spiro atoms. The van der Waals surface area contributed by atoms with Crippen molar-refractivity contribution in [3.63, 3.8) is 0 Å². The van der Waals surface area contributed by atoms with Gasteiger partial charge >= 0.3 is 0 Å². The van der Waals surface area contributed by atoms with Crippen molar-refractivity contribution in [2.75, 3.05) is 31.3 Å². The summed E-state index contributed by atoms with van der Waals surface area (Å²) in [4.78, 5) is 12.8. The molecule has 0 aliphatic carbocycles. The summed E-state index contributed by atoms with van der Waals surface area (Å²) in [6.45, 7) is 2.34. The number of ether oxygens (including phenoxy) is 2. The molecule has 0 unspecified atom stereocenters.